The molecule has 1 rings (SSSR count). The highest BCUT2D eigenvalue weighted by Gasteiger charge is 2.03. The summed E-state index contributed by atoms with van der Waals surface area (Å²) in [6, 6.07) is 10.1. The van der Waals surface area contributed by atoms with Gasteiger partial charge in [-0.3, -0.25) is 0 Å². The van der Waals surface area contributed by atoms with Gasteiger partial charge in [-0.2, -0.15) is 0 Å². The Kier molecular flexibility index (Phi) is 5.27. The lowest BCUT2D eigenvalue weighted by molar-refractivity contribution is 0.0615. The Morgan fingerprint density at radius 1 is 1.29 bits per heavy atom. The summed E-state index contributed by atoms with van der Waals surface area (Å²) in [5.41, 5.74) is 1.18. The molecule has 0 radical (unpaired) electrons. The predicted octanol–water partition coefficient (Wildman–Crippen LogP) is 2.22. The molecular formula is C12H18O2. The Bertz CT molecular complexity index is 229. The van der Waals surface area contributed by atoms with Crippen LogP contribution in [0, 0.1) is 5.92 Å². The summed E-state index contributed by atoms with van der Waals surface area (Å²) in [5, 5.41) is 8.94. The van der Waals surface area contributed by atoms with Crippen LogP contribution in [0.5, 0.6) is 0 Å². The van der Waals surface area contributed by atoms with Crippen LogP contribution in [0.2, 0.25) is 0 Å². The van der Waals surface area contributed by atoms with Crippen LogP contribution in [-0.4, -0.2) is 18.3 Å². The fourth-order valence-electron chi connectivity index (χ4n) is 1.22. The van der Waals surface area contributed by atoms with Crippen molar-refractivity contribution in [3.63, 3.8) is 0 Å². The Labute approximate surface area is 85.5 Å². The molecule has 1 aromatic carbocycles. The predicted molar refractivity (Wildman–Crippen MR) is 57.0 cm³/mol. The topological polar surface area (TPSA) is 29.5 Å². The number of ether oxygens (including phenoxy) is 1. The quantitative estimate of drug-likeness (QED) is 0.752. The van der Waals surface area contributed by atoms with E-state index in [2.05, 4.69) is 6.92 Å². The monoisotopic (exact) mass is 194 g/mol. The number of hydrogen-bond acceptors (Lipinski definition) is 2. The first-order chi connectivity index (χ1) is 6.86. The largest absolute Gasteiger partial charge is 0.396 e. The van der Waals surface area contributed by atoms with E-state index in [1.807, 2.05) is 30.3 Å². The summed E-state index contributed by atoms with van der Waals surface area (Å²) in [4.78, 5) is 0. The van der Waals surface area contributed by atoms with Crippen LogP contribution in [0.3, 0.4) is 0 Å². The molecule has 0 saturated heterocycles. The van der Waals surface area contributed by atoms with Crippen molar-refractivity contribution in [2.24, 2.45) is 5.92 Å². The molecule has 1 atom stereocenters. The van der Waals surface area contributed by atoms with Gasteiger partial charge in [0, 0.05) is 12.5 Å². The third-order valence-corrected chi connectivity index (χ3v) is 2.30. The Morgan fingerprint density at radius 2 is 2.00 bits per heavy atom. The maximum Gasteiger partial charge on any atom is 0.0717 e. The van der Waals surface area contributed by atoms with E-state index in [9.17, 15) is 0 Å². The standard InChI is InChI=1S/C12H18O2/c1-2-11(8-13)9-14-10-12-6-4-3-5-7-12/h3-7,11,13H,2,8-10H2,1H3/t11-/m1/s1. The zero-order valence-corrected chi connectivity index (χ0v) is 8.65. The summed E-state index contributed by atoms with van der Waals surface area (Å²) in [6.45, 7) is 3.55. The van der Waals surface area contributed by atoms with Crippen molar-refractivity contribution in [1.29, 1.82) is 0 Å². The van der Waals surface area contributed by atoms with Gasteiger partial charge in [-0.1, -0.05) is 37.3 Å². The first kappa shape index (κ1) is 11.2. The van der Waals surface area contributed by atoms with Crippen LogP contribution in [0.1, 0.15) is 18.9 Å². The lowest BCUT2D eigenvalue weighted by atomic mass is 10.1. The summed E-state index contributed by atoms with van der Waals surface area (Å²) < 4.78 is 5.50. The molecule has 14 heavy (non-hydrogen) atoms. The van der Waals surface area contributed by atoms with Crippen LogP contribution in [-0.2, 0) is 11.3 Å². The van der Waals surface area contributed by atoms with Crippen molar-refractivity contribution < 1.29 is 9.84 Å². The van der Waals surface area contributed by atoms with E-state index in [1.165, 1.54) is 5.56 Å². The van der Waals surface area contributed by atoms with Crippen LogP contribution in [0.15, 0.2) is 30.3 Å². The van der Waals surface area contributed by atoms with Crippen molar-refractivity contribution in [2.45, 2.75) is 20.0 Å². The molecule has 0 saturated carbocycles. The van der Waals surface area contributed by atoms with Gasteiger partial charge >= 0.3 is 0 Å². The lowest BCUT2D eigenvalue weighted by Crippen LogP contribution is -2.12. The maximum absolute atomic E-state index is 8.94. The smallest absolute Gasteiger partial charge is 0.0717 e. The minimum Gasteiger partial charge on any atom is -0.396 e. The number of rotatable bonds is 6. The molecule has 0 amide bonds. The van der Waals surface area contributed by atoms with Crippen molar-refractivity contribution in [3.8, 4) is 0 Å². The Hall–Kier alpha value is -0.860. The summed E-state index contributed by atoms with van der Waals surface area (Å²) in [5.74, 6) is 0.277. The molecule has 1 N–H and O–H groups in total. The summed E-state index contributed by atoms with van der Waals surface area (Å²) in [6.07, 6.45) is 0.964. The van der Waals surface area contributed by atoms with Crippen LogP contribution in [0.25, 0.3) is 0 Å². The van der Waals surface area contributed by atoms with E-state index >= 15 is 0 Å². The molecular weight excluding hydrogens is 176 g/mol. The maximum atomic E-state index is 8.94. The Morgan fingerprint density at radius 3 is 2.57 bits per heavy atom. The van der Waals surface area contributed by atoms with Gasteiger partial charge in [0.2, 0.25) is 0 Å². The minimum absolute atomic E-state index is 0.214. The molecule has 0 unspecified atom stereocenters. The van der Waals surface area contributed by atoms with Crippen molar-refractivity contribution >= 4 is 0 Å². The molecule has 0 aliphatic carbocycles. The third-order valence-electron chi connectivity index (χ3n) is 2.30. The van der Waals surface area contributed by atoms with E-state index in [1.54, 1.807) is 0 Å². The van der Waals surface area contributed by atoms with Crippen LogP contribution >= 0.6 is 0 Å². The molecule has 0 heterocycles. The average Bonchev–Trinajstić information content (AvgIpc) is 2.26. The second-order valence-corrected chi connectivity index (χ2v) is 3.46. The Balaban J connectivity index is 2.21. The van der Waals surface area contributed by atoms with Crippen molar-refractivity contribution in [3.05, 3.63) is 35.9 Å². The third kappa shape index (κ3) is 3.90. The molecule has 0 aromatic heterocycles. The lowest BCUT2D eigenvalue weighted by Gasteiger charge is -2.11. The molecule has 0 aliphatic heterocycles. The molecule has 2 heteroatoms. The number of hydrogen-bond donors (Lipinski definition) is 1. The number of benzene rings is 1. The van der Waals surface area contributed by atoms with Crippen LogP contribution < -0.4 is 0 Å². The average molecular weight is 194 g/mol. The zero-order valence-electron chi connectivity index (χ0n) is 8.65. The van der Waals surface area contributed by atoms with Gasteiger partial charge in [0.1, 0.15) is 0 Å². The van der Waals surface area contributed by atoms with Gasteiger partial charge in [-0.15, -0.1) is 0 Å². The molecule has 78 valence electrons. The van der Waals surface area contributed by atoms with E-state index in [0.717, 1.165) is 6.42 Å². The van der Waals surface area contributed by atoms with Crippen LogP contribution in [0.4, 0.5) is 0 Å². The van der Waals surface area contributed by atoms with Gasteiger partial charge in [0.15, 0.2) is 0 Å². The first-order valence-electron chi connectivity index (χ1n) is 5.09. The second kappa shape index (κ2) is 6.57. The highest BCUT2D eigenvalue weighted by molar-refractivity contribution is 5.13. The molecule has 2 nitrogen and oxygen atoms in total. The second-order valence-electron chi connectivity index (χ2n) is 3.46. The van der Waals surface area contributed by atoms with Gasteiger partial charge in [-0.05, 0) is 12.0 Å². The zero-order chi connectivity index (χ0) is 10.2. The number of aliphatic hydroxyl groups excluding tert-OH is 1. The molecule has 1 aromatic rings. The summed E-state index contributed by atoms with van der Waals surface area (Å²) >= 11 is 0. The van der Waals surface area contributed by atoms with E-state index in [0.29, 0.717) is 13.2 Å². The molecule has 0 fully saturated rings. The summed E-state index contributed by atoms with van der Waals surface area (Å²) in [7, 11) is 0. The van der Waals surface area contributed by atoms with E-state index < -0.39 is 0 Å². The molecule has 0 bridgehead atoms. The fraction of sp³-hybridized carbons (Fsp3) is 0.500. The highest BCUT2D eigenvalue weighted by Crippen LogP contribution is 2.05. The van der Waals surface area contributed by atoms with Gasteiger partial charge in [0.05, 0.1) is 13.2 Å². The SMILES string of the molecule is CC[C@H](CO)COCc1ccccc1. The van der Waals surface area contributed by atoms with Gasteiger partial charge in [0.25, 0.3) is 0 Å². The highest BCUT2D eigenvalue weighted by atomic mass is 16.5. The minimum atomic E-state index is 0.214. The van der Waals surface area contributed by atoms with Crippen molar-refractivity contribution in [1.82, 2.24) is 0 Å². The molecule has 0 aliphatic rings. The first-order valence-corrected chi connectivity index (χ1v) is 5.09. The van der Waals surface area contributed by atoms with Crippen molar-refractivity contribution in [2.75, 3.05) is 13.2 Å². The van der Waals surface area contributed by atoms with Gasteiger partial charge in [-0.25, -0.2) is 0 Å². The molecule has 0 spiro atoms. The van der Waals surface area contributed by atoms with E-state index in [4.69, 9.17) is 9.84 Å². The number of aliphatic hydroxyl groups is 1. The normalized spacial score (nSPS) is 12.7. The van der Waals surface area contributed by atoms with E-state index in [-0.39, 0.29) is 12.5 Å². The fourth-order valence-corrected chi connectivity index (χ4v) is 1.22. The van der Waals surface area contributed by atoms with Gasteiger partial charge < -0.3 is 9.84 Å².